The minimum atomic E-state index is 0.833. The van der Waals surface area contributed by atoms with E-state index in [-0.39, 0.29) is 0 Å². The highest BCUT2D eigenvalue weighted by atomic mass is 127. The Kier molecular flexibility index (Phi) is 2.35. The van der Waals surface area contributed by atoms with Gasteiger partial charge in [-0.2, -0.15) is 0 Å². The van der Waals surface area contributed by atoms with Crippen LogP contribution >= 0.6 is 22.6 Å². The average molecular weight is 285 g/mol. The fourth-order valence-corrected chi connectivity index (χ4v) is 1.85. The molecule has 13 heavy (non-hydrogen) atoms. The fraction of sp³-hybridized carbons (Fsp3) is 0.100. The molecule has 0 saturated carbocycles. The Labute approximate surface area is 90.1 Å². The molecule has 0 atom stereocenters. The maximum Gasteiger partial charge on any atom is 0.151 e. The van der Waals surface area contributed by atoms with Gasteiger partial charge in [0.25, 0.3) is 0 Å². The third-order valence-corrected chi connectivity index (χ3v) is 2.64. The van der Waals surface area contributed by atoms with Crippen LogP contribution in [0.25, 0.3) is 10.9 Å². The molecule has 0 aliphatic carbocycles. The quantitative estimate of drug-likeness (QED) is 0.593. The maximum absolute atomic E-state index is 5.18. The second kappa shape index (κ2) is 3.49. The molecule has 0 spiro atoms. The van der Waals surface area contributed by atoms with Crippen LogP contribution in [0, 0.1) is 3.70 Å². The fourth-order valence-electron chi connectivity index (χ4n) is 1.22. The van der Waals surface area contributed by atoms with Gasteiger partial charge in [0.2, 0.25) is 0 Å². The lowest BCUT2D eigenvalue weighted by Crippen LogP contribution is -1.90. The van der Waals surface area contributed by atoms with Crippen LogP contribution in [0.1, 0.15) is 0 Å². The topological polar surface area (TPSA) is 22.1 Å². The minimum absolute atomic E-state index is 0.833. The van der Waals surface area contributed by atoms with Crippen LogP contribution in [-0.2, 0) is 0 Å². The van der Waals surface area contributed by atoms with E-state index in [0.29, 0.717) is 0 Å². The van der Waals surface area contributed by atoms with E-state index in [4.69, 9.17) is 4.74 Å². The van der Waals surface area contributed by atoms with Crippen molar-refractivity contribution in [3.8, 4) is 5.75 Å². The summed E-state index contributed by atoms with van der Waals surface area (Å²) in [6.07, 6.45) is 0. The average Bonchev–Trinajstić information content (AvgIpc) is 2.17. The van der Waals surface area contributed by atoms with E-state index < -0.39 is 0 Å². The van der Waals surface area contributed by atoms with Crippen molar-refractivity contribution < 1.29 is 4.74 Å². The summed E-state index contributed by atoms with van der Waals surface area (Å²) in [7, 11) is 1.66. The van der Waals surface area contributed by atoms with Crippen LogP contribution in [-0.4, -0.2) is 12.1 Å². The number of hydrogen-bond donors (Lipinski definition) is 0. The Morgan fingerprint density at radius 3 is 2.85 bits per heavy atom. The number of fused-ring (bicyclic) bond motifs is 1. The number of aromatic nitrogens is 1. The number of hydrogen-bond acceptors (Lipinski definition) is 2. The van der Waals surface area contributed by atoms with E-state index in [1.165, 1.54) is 0 Å². The number of para-hydroxylation sites is 1. The predicted molar refractivity (Wildman–Crippen MR) is 61.0 cm³/mol. The highest BCUT2D eigenvalue weighted by Crippen LogP contribution is 2.23. The second-order valence-corrected chi connectivity index (χ2v) is 3.70. The molecular formula is C10H8INO. The van der Waals surface area contributed by atoms with Crippen molar-refractivity contribution in [3.05, 3.63) is 34.0 Å². The molecule has 0 saturated heterocycles. The lowest BCUT2D eigenvalue weighted by molar-refractivity contribution is 0.410. The van der Waals surface area contributed by atoms with Crippen molar-refractivity contribution in [2.75, 3.05) is 7.11 Å². The highest BCUT2D eigenvalue weighted by Gasteiger charge is 2.02. The number of pyridine rings is 1. The van der Waals surface area contributed by atoms with Crippen molar-refractivity contribution >= 4 is 33.5 Å². The zero-order valence-corrected chi connectivity index (χ0v) is 9.28. The van der Waals surface area contributed by atoms with Crippen LogP contribution in [0.4, 0.5) is 0 Å². The summed E-state index contributed by atoms with van der Waals surface area (Å²) in [5.74, 6) is 0.833. The Morgan fingerprint density at radius 2 is 2.08 bits per heavy atom. The molecule has 0 unspecified atom stereocenters. The molecule has 0 amide bonds. The van der Waals surface area contributed by atoms with Crippen molar-refractivity contribution in [3.63, 3.8) is 0 Å². The molecule has 2 rings (SSSR count). The molecule has 1 aromatic heterocycles. The molecule has 3 heteroatoms. The summed E-state index contributed by atoms with van der Waals surface area (Å²) in [6, 6.07) is 10.0. The summed E-state index contributed by atoms with van der Waals surface area (Å²) in [5, 5.41) is 1.11. The largest absolute Gasteiger partial charge is 0.494 e. The van der Waals surface area contributed by atoms with Gasteiger partial charge in [0.05, 0.1) is 12.6 Å². The van der Waals surface area contributed by atoms with E-state index in [0.717, 1.165) is 20.4 Å². The van der Waals surface area contributed by atoms with Crippen LogP contribution in [0.2, 0.25) is 0 Å². The number of methoxy groups -OCH3 is 1. The molecule has 0 aliphatic heterocycles. The van der Waals surface area contributed by atoms with E-state index >= 15 is 0 Å². The summed E-state index contributed by atoms with van der Waals surface area (Å²) < 4.78 is 6.08. The maximum atomic E-state index is 5.18. The Balaban J connectivity index is 2.74. The van der Waals surface area contributed by atoms with Gasteiger partial charge >= 0.3 is 0 Å². The van der Waals surface area contributed by atoms with Crippen LogP contribution < -0.4 is 4.74 Å². The smallest absolute Gasteiger partial charge is 0.151 e. The standard InChI is InChI=1S/C10H8INO/c1-13-9-6-7-4-2-3-5-8(7)12-10(9)11/h2-6H,1H3. The number of ether oxygens (including phenoxy) is 1. The van der Waals surface area contributed by atoms with Gasteiger partial charge in [-0.15, -0.1) is 0 Å². The molecule has 66 valence electrons. The third kappa shape index (κ3) is 1.60. The molecule has 0 N–H and O–H groups in total. The zero-order chi connectivity index (χ0) is 9.26. The first kappa shape index (κ1) is 8.74. The van der Waals surface area contributed by atoms with Gasteiger partial charge in [-0.3, -0.25) is 0 Å². The molecule has 1 heterocycles. The monoisotopic (exact) mass is 285 g/mol. The first-order valence-electron chi connectivity index (χ1n) is 3.90. The van der Waals surface area contributed by atoms with Gasteiger partial charge in [-0.1, -0.05) is 18.2 Å². The van der Waals surface area contributed by atoms with Gasteiger partial charge in [0.15, 0.2) is 5.75 Å². The summed E-state index contributed by atoms with van der Waals surface area (Å²) in [4.78, 5) is 4.41. The SMILES string of the molecule is COc1cc2ccccc2nc1I. The molecule has 0 fully saturated rings. The lowest BCUT2D eigenvalue weighted by Gasteiger charge is -2.03. The first-order valence-corrected chi connectivity index (χ1v) is 4.98. The molecule has 1 aromatic carbocycles. The van der Waals surface area contributed by atoms with Crippen molar-refractivity contribution in [1.82, 2.24) is 4.98 Å². The van der Waals surface area contributed by atoms with Crippen LogP contribution in [0.5, 0.6) is 5.75 Å². The van der Waals surface area contributed by atoms with Crippen molar-refractivity contribution in [2.24, 2.45) is 0 Å². The highest BCUT2D eigenvalue weighted by molar-refractivity contribution is 14.1. The first-order chi connectivity index (χ1) is 6.31. The zero-order valence-electron chi connectivity index (χ0n) is 7.12. The predicted octanol–water partition coefficient (Wildman–Crippen LogP) is 2.85. The van der Waals surface area contributed by atoms with E-state index in [1.54, 1.807) is 7.11 Å². The molecule has 2 aromatic rings. The third-order valence-electron chi connectivity index (χ3n) is 1.87. The van der Waals surface area contributed by atoms with Gasteiger partial charge in [-0.05, 0) is 34.7 Å². The minimum Gasteiger partial charge on any atom is -0.494 e. The van der Waals surface area contributed by atoms with Gasteiger partial charge in [0.1, 0.15) is 3.70 Å². The summed E-state index contributed by atoms with van der Waals surface area (Å²) >= 11 is 2.17. The summed E-state index contributed by atoms with van der Waals surface area (Å²) in [6.45, 7) is 0. The molecule has 0 radical (unpaired) electrons. The van der Waals surface area contributed by atoms with E-state index in [2.05, 4.69) is 27.6 Å². The van der Waals surface area contributed by atoms with Crippen LogP contribution in [0.15, 0.2) is 30.3 Å². The van der Waals surface area contributed by atoms with E-state index in [9.17, 15) is 0 Å². The molecular weight excluding hydrogens is 277 g/mol. The number of benzene rings is 1. The lowest BCUT2D eigenvalue weighted by atomic mass is 10.2. The number of rotatable bonds is 1. The number of halogens is 1. The normalized spacial score (nSPS) is 10.3. The second-order valence-electron chi connectivity index (χ2n) is 2.67. The molecule has 0 aliphatic rings. The van der Waals surface area contributed by atoms with Gasteiger partial charge < -0.3 is 4.74 Å². The Hall–Kier alpha value is -0.840. The van der Waals surface area contributed by atoms with Crippen molar-refractivity contribution in [2.45, 2.75) is 0 Å². The summed E-state index contributed by atoms with van der Waals surface area (Å²) in [5.41, 5.74) is 1.01. The Bertz CT molecular complexity index is 442. The van der Waals surface area contributed by atoms with Crippen LogP contribution in [0.3, 0.4) is 0 Å². The number of nitrogens with zero attached hydrogens (tertiary/aromatic N) is 1. The Morgan fingerprint density at radius 1 is 1.31 bits per heavy atom. The van der Waals surface area contributed by atoms with E-state index in [1.807, 2.05) is 30.3 Å². The van der Waals surface area contributed by atoms with Gasteiger partial charge in [0, 0.05) is 5.39 Å². The molecule has 2 nitrogen and oxygen atoms in total. The molecule has 0 bridgehead atoms. The van der Waals surface area contributed by atoms with Crippen molar-refractivity contribution in [1.29, 1.82) is 0 Å². The van der Waals surface area contributed by atoms with Gasteiger partial charge in [-0.25, -0.2) is 4.98 Å².